The minimum atomic E-state index is -0.633. The van der Waals surface area contributed by atoms with Crippen LogP contribution in [-0.4, -0.2) is 39.7 Å². The van der Waals surface area contributed by atoms with Gasteiger partial charge in [0.1, 0.15) is 5.69 Å². The van der Waals surface area contributed by atoms with Crippen molar-refractivity contribution in [3.63, 3.8) is 0 Å². The van der Waals surface area contributed by atoms with E-state index < -0.39 is 17.8 Å². The van der Waals surface area contributed by atoms with Gasteiger partial charge in [-0.15, -0.1) is 0 Å². The molecular formula is C30H27ClFN5O4. The van der Waals surface area contributed by atoms with Crippen LogP contribution in [0.15, 0.2) is 67.1 Å². The number of carbonyl (C=O) groups excluding carboxylic acids is 3. The van der Waals surface area contributed by atoms with Gasteiger partial charge >= 0.3 is 5.97 Å². The first-order chi connectivity index (χ1) is 19.8. The van der Waals surface area contributed by atoms with Gasteiger partial charge in [0.25, 0.3) is 5.91 Å². The Hall–Kier alpha value is -4.57. The summed E-state index contributed by atoms with van der Waals surface area (Å²) in [6.45, 7) is 0. The maximum Gasteiger partial charge on any atom is 0.309 e. The van der Waals surface area contributed by atoms with Crippen LogP contribution in [-0.2, 0) is 20.7 Å². The van der Waals surface area contributed by atoms with Crippen LogP contribution < -0.4 is 10.6 Å². The molecule has 0 saturated carbocycles. The lowest BCUT2D eigenvalue weighted by molar-refractivity contribution is -0.139. The normalized spacial score (nSPS) is 15.1. The van der Waals surface area contributed by atoms with Crippen molar-refractivity contribution < 1.29 is 23.5 Å². The van der Waals surface area contributed by atoms with Gasteiger partial charge in [-0.25, -0.2) is 9.07 Å². The van der Waals surface area contributed by atoms with E-state index in [9.17, 15) is 18.8 Å². The molecule has 2 N–H and O–H groups in total. The molecule has 0 spiro atoms. The van der Waals surface area contributed by atoms with E-state index >= 15 is 0 Å². The van der Waals surface area contributed by atoms with Gasteiger partial charge in [0.05, 0.1) is 42.0 Å². The van der Waals surface area contributed by atoms with Crippen LogP contribution >= 0.6 is 11.6 Å². The van der Waals surface area contributed by atoms with E-state index in [2.05, 4.69) is 20.7 Å². The number of aromatic nitrogens is 3. The van der Waals surface area contributed by atoms with Gasteiger partial charge in [-0.05, 0) is 54.3 Å². The lowest BCUT2D eigenvalue weighted by Crippen LogP contribution is -2.29. The molecule has 0 unspecified atom stereocenters. The van der Waals surface area contributed by atoms with Crippen molar-refractivity contribution >= 4 is 35.1 Å². The van der Waals surface area contributed by atoms with Crippen LogP contribution in [0.4, 0.5) is 10.1 Å². The monoisotopic (exact) mass is 575 g/mol. The molecule has 0 saturated heterocycles. The molecule has 2 bridgehead atoms. The van der Waals surface area contributed by atoms with Gasteiger partial charge in [0.2, 0.25) is 5.91 Å². The molecule has 2 aromatic heterocycles. The number of ether oxygens (including phenoxy) is 1. The van der Waals surface area contributed by atoms with E-state index in [1.54, 1.807) is 18.3 Å². The van der Waals surface area contributed by atoms with Crippen LogP contribution in [0.5, 0.6) is 0 Å². The minimum Gasteiger partial charge on any atom is -0.469 e. The average molecular weight is 576 g/mol. The Morgan fingerprint density at radius 3 is 2.88 bits per heavy atom. The molecule has 41 heavy (non-hydrogen) atoms. The van der Waals surface area contributed by atoms with E-state index in [1.807, 2.05) is 24.3 Å². The Labute approximate surface area is 240 Å². The molecule has 0 fully saturated rings. The van der Waals surface area contributed by atoms with Crippen LogP contribution in [0.2, 0.25) is 5.02 Å². The number of amides is 2. The Morgan fingerprint density at radius 2 is 2.05 bits per heavy atom. The van der Waals surface area contributed by atoms with Crippen molar-refractivity contribution in [1.82, 2.24) is 20.1 Å². The quantitative estimate of drug-likeness (QED) is 0.307. The zero-order chi connectivity index (χ0) is 28.9. The number of hydrogen-bond donors (Lipinski definition) is 2. The van der Waals surface area contributed by atoms with Crippen molar-refractivity contribution in [3.8, 4) is 16.8 Å². The van der Waals surface area contributed by atoms with Crippen molar-refractivity contribution in [2.45, 2.75) is 38.1 Å². The molecule has 2 amide bonds. The molecule has 3 heterocycles. The second-order valence-electron chi connectivity index (χ2n) is 9.67. The third kappa shape index (κ3) is 6.44. The Bertz CT molecular complexity index is 1620. The lowest BCUT2D eigenvalue weighted by atomic mass is 9.97. The van der Waals surface area contributed by atoms with Crippen molar-refractivity contribution in [2.24, 2.45) is 0 Å². The fraction of sp³-hybridized carbons (Fsp3) is 0.233. The molecule has 2 aromatic carbocycles. The fourth-order valence-electron chi connectivity index (χ4n) is 4.73. The highest BCUT2D eigenvalue weighted by Gasteiger charge is 2.21. The molecule has 0 radical (unpaired) electrons. The number of carbonyl (C=O) groups is 3. The standard InChI is InChI=1S/C30H27ClFN5O4/c1-41-28(39)14-18-9-10-21-19-11-12-33-25(15-19)23(6-2-3-8-27(38)35-24(21)13-18)36-30(40)20-16-34-37(17-20)26-7-4-5-22(31)29(26)32/h4-5,7,9-13,15-17,23H,2-3,6,8,14H2,1H3,(H,35,38)(H,36,40)/t23-/m0/s1. The highest BCUT2D eigenvalue weighted by atomic mass is 35.5. The molecule has 0 aliphatic carbocycles. The van der Waals surface area contributed by atoms with E-state index in [0.29, 0.717) is 42.6 Å². The highest BCUT2D eigenvalue weighted by Crippen LogP contribution is 2.32. The molecule has 9 nitrogen and oxygen atoms in total. The molecule has 5 rings (SSSR count). The highest BCUT2D eigenvalue weighted by molar-refractivity contribution is 6.30. The zero-order valence-corrected chi connectivity index (χ0v) is 23.0. The second kappa shape index (κ2) is 12.3. The Morgan fingerprint density at radius 1 is 1.20 bits per heavy atom. The van der Waals surface area contributed by atoms with Gasteiger partial charge in [-0.3, -0.25) is 19.4 Å². The maximum atomic E-state index is 14.5. The Kier molecular flexibility index (Phi) is 8.39. The maximum absolute atomic E-state index is 14.5. The summed E-state index contributed by atoms with van der Waals surface area (Å²) in [5, 5.41) is 10.1. The molecule has 1 atom stereocenters. The Balaban J connectivity index is 1.43. The molecule has 11 heteroatoms. The number of pyridine rings is 1. The summed E-state index contributed by atoms with van der Waals surface area (Å²) in [6.07, 6.45) is 6.64. The number of nitrogens with zero attached hydrogens (tertiary/aromatic N) is 3. The molecule has 1 aliphatic heterocycles. The molecular weight excluding hydrogens is 549 g/mol. The van der Waals surface area contributed by atoms with Gasteiger partial charge in [0.15, 0.2) is 5.82 Å². The summed E-state index contributed by atoms with van der Waals surface area (Å²) < 4.78 is 20.5. The van der Waals surface area contributed by atoms with Gasteiger partial charge in [0, 0.05) is 30.1 Å². The number of rotatable bonds is 5. The van der Waals surface area contributed by atoms with Crippen LogP contribution in [0, 0.1) is 5.82 Å². The summed E-state index contributed by atoms with van der Waals surface area (Å²) in [7, 11) is 1.33. The number of benzene rings is 2. The van der Waals surface area contributed by atoms with Crippen LogP contribution in [0.25, 0.3) is 16.8 Å². The molecule has 1 aliphatic rings. The van der Waals surface area contributed by atoms with Crippen molar-refractivity contribution in [1.29, 1.82) is 0 Å². The van der Waals surface area contributed by atoms with Gasteiger partial charge in [-0.2, -0.15) is 5.10 Å². The largest absolute Gasteiger partial charge is 0.469 e. The predicted octanol–water partition coefficient (Wildman–Crippen LogP) is 5.43. The number of esters is 1. The van der Waals surface area contributed by atoms with E-state index in [-0.39, 0.29) is 34.6 Å². The zero-order valence-electron chi connectivity index (χ0n) is 22.2. The SMILES string of the molecule is COC(=O)Cc1ccc2c(c1)NC(=O)CCCC[C@H](NC(=O)c1cnn(-c3cccc(Cl)c3F)c1)c1cc-2ccn1. The van der Waals surface area contributed by atoms with Crippen LogP contribution in [0.3, 0.4) is 0 Å². The third-order valence-electron chi connectivity index (χ3n) is 6.86. The van der Waals surface area contributed by atoms with Gasteiger partial charge < -0.3 is 15.4 Å². The summed E-state index contributed by atoms with van der Waals surface area (Å²) in [5.41, 5.74) is 3.86. The lowest BCUT2D eigenvalue weighted by Gasteiger charge is -2.21. The number of halogens is 2. The topological polar surface area (TPSA) is 115 Å². The average Bonchev–Trinajstić information content (AvgIpc) is 3.46. The van der Waals surface area contributed by atoms with E-state index in [0.717, 1.165) is 11.1 Å². The van der Waals surface area contributed by atoms with E-state index in [1.165, 1.54) is 36.3 Å². The first-order valence-corrected chi connectivity index (χ1v) is 13.5. The first-order valence-electron chi connectivity index (χ1n) is 13.1. The summed E-state index contributed by atoms with van der Waals surface area (Å²) in [4.78, 5) is 42.4. The smallest absolute Gasteiger partial charge is 0.309 e. The fourth-order valence-corrected chi connectivity index (χ4v) is 4.89. The minimum absolute atomic E-state index is 0.0434. The number of fused-ring (bicyclic) bond motifs is 4. The second-order valence-corrected chi connectivity index (χ2v) is 10.1. The van der Waals surface area contributed by atoms with Crippen molar-refractivity contribution in [2.75, 3.05) is 12.4 Å². The van der Waals surface area contributed by atoms with E-state index in [4.69, 9.17) is 16.3 Å². The third-order valence-corrected chi connectivity index (χ3v) is 7.15. The summed E-state index contributed by atoms with van der Waals surface area (Å²) in [6, 6.07) is 13.2. The number of hydrogen-bond acceptors (Lipinski definition) is 6. The van der Waals surface area contributed by atoms with Gasteiger partial charge in [-0.1, -0.05) is 36.2 Å². The summed E-state index contributed by atoms with van der Waals surface area (Å²) >= 11 is 5.90. The number of anilines is 1. The predicted molar refractivity (Wildman–Crippen MR) is 151 cm³/mol. The first kappa shape index (κ1) is 28.0. The summed E-state index contributed by atoms with van der Waals surface area (Å²) in [5.74, 6) is -1.55. The molecule has 210 valence electrons. The van der Waals surface area contributed by atoms with Crippen molar-refractivity contribution in [3.05, 3.63) is 94.8 Å². The number of nitrogens with one attached hydrogen (secondary N) is 2. The molecule has 4 aromatic rings. The number of methoxy groups -OCH3 is 1. The van der Waals surface area contributed by atoms with Crippen LogP contribution in [0.1, 0.15) is 53.3 Å².